The molecule has 5 nitrogen and oxygen atoms in total. The third-order valence-electron chi connectivity index (χ3n) is 11.2. The predicted molar refractivity (Wildman–Crippen MR) is 256 cm³/mol. The van der Waals surface area contributed by atoms with E-state index >= 15 is 0 Å². The predicted octanol–water partition coefficient (Wildman–Crippen LogP) is 12.7. The fourth-order valence-corrected chi connectivity index (χ4v) is 8.37. The molecule has 61 heavy (non-hydrogen) atoms. The highest BCUT2D eigenvalue weighted by molar-refractivity contribution is 7.17. The smallest absolute Gasteiger partial charge is 0.235 e. The largest absolute Gasteiger partial charge is 0.309 e. The molecule has 3 heterocycles. The van der Waals surface area contributed by atoms with Crippen molar-refractivity contribution in [1.82, 2.24) is 19.1 Å². The molecule has 279 valence electrons. The van der Waals surface area contributed by atoms with Crippen LogP contribution in [0.2, 0.25) is 0 Å². The first-order valence-corrected chi connectivity index (χ1v) is 20.0. The maximum Gasteiger partial charge on any atom is 0.235 e. The molecule has 5 radical (unpaired) electrons. The van der Waals surface area contributed by atoms with Gasteiger partial charge < -0.3 is 4.57 Å². The minimum atomic E-state index is 0.611. The highest BCUT2D eigenvalue weighted by atomic mass is 15.2. The summed E-state index contributed by atoms with van der Waals surface area (Å²) >= 11 is 0. The highest BCUT2D eigenvalue weighted by Gasteiger charge is 2.19. The summed E-state index contributed by atoms with van der Waals surface area (Å²) < 4.78 is 4.57. The average Bonchev–Trinajstić information content (AvgIpc) is 3.84. The third kappa shape index (κ3) is 6.86. The summed E-state index contributed by atoms with van der Waals surface area (Å²) in [4.78, 5) is 14.2. The molecule has 0 saturated heterocycles. The van der Waals surface area contributed by atoms with E-state index in [2.05, 4.69) is 187 Å². The number of rotatable bonds is 6. The van der Waals surface area contributed by atoms with Crippen LogP contribution in [0.25, 0.3) is 105 Å². The van der Waals surface area contributed by atoms with Gasteiger partial charge in [0.2, 0.25) is 5.95 Å². The first-order chi connectivity index (χ1) is 30.1. The second kappa shape index (κ2) is 16.1. The third-order valence-corrected chi connectivity index (χ3v) is 11.2. The number of hydrogen-bond acceptors (Lipinski definition) is 2. The van der Waals surface area contributed by atoms with Crippen LogP contribution in [0, 0.1) is 6.57 Å². The van der Waals surface area contributed by atoms with E-state index in [1.165, 1.54) is 21.8 Å². The van der Waals surface area contributed by atoms with Crippen LogP contribution < -0.4 is 0 Å². The lowest BCUT2D eigenvalue weighted by atomic mass is 9.40. The van der Waals surface area contributed by atoms with Gasteiger partial charge in [0, 0.05) is 60.9 Å². The molecule has 0 aliphatic heterocycles. The van der Waals surface area contributed by atoms with Crippen molar-refractivity contribution in [2.75, 3.05) is 0 Å². The molecule has 0 bridgehead atoms. The van der Waals surface area contributed by atoms with Crippen LogP contribution in [-0.2, 0) is 0 Å². The number of hydrogen-bond donors (Lipinski definition) is 0. The molecule has 11 rings (SSSR count). The normalized spacial score (nSPS) is 11.1. The zero-order valence-corrected chi connectivity index (χ0v) is 33.0. The Morgan fingerprint density at radius 3 is 1.51 bits per heavy atom. The van der Waals surface area contributed by atoms with Gasteiger partial charge in [0.05, 0.1) is 40.0 Å². The van der Waals surface area contributed by atoms with Gasteiger partial charge in [-0.1, -0.05) is 152 Å². The first-order valence-electron chi connectivity index (χ1n) is 20.0. The summed E-state index contributed by atoms with van der Waals surface area (Å²) in [6.45, 7) is 7.32. The van der Waals surface area contributed by atoms with E-state index < -0.39 is 0 Å². The topological polar surface area (TPSA) is 40.0 Å². The molecular weight excluding hydrogens is 739 g/mol. The number of fused-ring (bicyclic) bond motifs is 6. The van der Waals surface area contributed by atoms with Crippen molar-refractivity contribution in [2.24, 2.45) is 0 Å². The van der Waals surface area contributed by atoms with E-state index in [4.69, 9.17) is 16.5 Å². The molecule has 8 aromatic carbocycles. The van der Waals surface area contributed by atoms with Crippen molar-refractivity contribution >= 4 is 71.8 Å². The zero-order valence-electron chi connectivity index (χ0n) is 33.0. The average molecular weight is 772 g/mol. The SMILES string of the molecule is [B][B][B].[C-]#[N+]c1ccc(-c2ccc(-c3cc(-c4ccccc4)nc(-n4c5ccccc5c5ccc(-c6ccc7c(c6)c6ccccc6n7-c6ccccc6)cc54)n3)cc2)cc1. The lowest BCUT2D eigenvalue weighted by molar-refractivity contribution is 0.996. The Kier molecular flexibility index (Phi) is 9.84. The van der Waals surface area contributed by atoms with Crippen LogP contribution in [0.5, 0.6) is 0 Å². The molecular formula is C53H33B3N5. The Morgan fingerprint density at radius 1 is 0.393 bits per heavy atom. The molecule has 0 N–H and O–H groups in total. The summed E-state index contributed by atoms with van der Waals surface area (Å²) in [5.41, 5.74) is 14.3. The number of nitrogens with zero attached hydrogens (tertiary/aromatic N) is 5. The fraction of sp³-hybridized carbons (Fsp3) is 0. The lowest BCUT2D eigenvalue weighted by Gasteiger charge is -2.13. The van der Waals surface area contributed by atoms with Gasteiger partial charge in [-0.3, -0.25) is 4.57 Å². The van der Waals surface area contributed by atoms with Gasteiger partial charge in [-0.15, -0.1) is 0 Å². The van der Waals surface area contributed by atoms with E-state index in [1.54, 1.807) is 0 Å². The molecule has 0 atom stereocenters. The van der Waals surface area contributed by atoms with E-state index in [9.17, 15) is 0 Å². The Hall–Kier alpha value is -7.88. The van der Waals surface area contributed by atoms with E-state index in [-0.39, 0.29) is 0 Å². The molecule has 0 amide bonds. The minimum Gasteiger partial charge on any atom is -0.309 e. The molecule has 11 aromatic rings. The molecule has 0 aliphatic rings. The van der Waals surface area contributed by atoms with Crippen molar-refractivity contribution in [2.45, 2.75) is 0 Å². The van der Waals surface area contributed by atoms with E-state index in [0.29, 0.717) is 11.6 Å². The second-order valence-corrected chi connectivity index (χ2v) is 14.7. The zero-order chi connectivity index (χ0) is 41.3. The summed E-state index contributed by atoms with van der Waals surface area (Å²) in [7, 11) is 10.0. The molecule has 0 saturated carbocycles. The Labute approximate surface area is 357 Å². The van der Waals surface area contributed by atoms with E-state index in [0.717, 1.165) is 79.3 Å². The summed E-state index contributed by atoms with van der Waals surface area (Å²) in [6, 6.07) is 69.9. The fourth-order valence-electron chi connectivity index (χ4n) is 8.37. The molecule has 8 heteroatoms. The lowest BCUT2D eigenvalue weighted by Crippen LogP contribution is -2.04. The van der Waals surface area contributed by atoms with Crippen LogP contribution in [-0.4, -0.2) is 41.6 Å². The molecule has 0 unspecified atom stereocenters. The summed E-state index contributed by atoms with van der Waals surface area (Å²) in [6.07, 6.45) is 0. The van der Waals surface area contributed by atoms with Crippen LogP contribution in [0.3, 0.4) is 0 Å². The first kappa shape index (κ1) is 37.4. The van der Waals surface area contributed by atoms with Crippen LogP contribution in [0.15, 0.2) is 200 Å². The minimum absolute atomic E-state index is 0.611. The Bertz CT molecular complexity index is 3410. The van der Waals surface area contributed by atoms with Gasteiger partial charge in [-0.2, -0.15) is 0 Å². The quantitative estimate of drug-likeness (QED) is 0.125. The Balaban J connectivity index is 0.00000144. The standard InChI is InChI=1S/C53H33N5.B3/c1-54-41-28-24-36(25-29-41)35-20-22-38(23-21-35)48-34-47(37-12-4-2-5-13-37)55-53(56-48)58-50-19-11-8-16-43(50)45-30-26-40(33-52(45)58)39-27-31-51-46(32-39)44-17-9-10-18-49(44)57(51)42-14-6-3-7-15-42;1-3-2/h2-34H;. The molecule has 0 aliphatic carbocycles. The van der Waals surface area contributed by atoms with Gasteiger partial charge >= 0.3 is 0 Å². The van der Waals surface area contributed by atoms with Crippen molar-refractivity contribution in [3.8, 4) is 56.4 Å². The van der Waals surface area contributed by atoms with Crippen LogP contribution >= 0.6 is 0 Å². The van der Waals surface area contributed by atoms with Gasteiger partial charge in [-0.05, 0) is 70.8 Å². The van der Waals surface area contributed by atoms with Crippen LogP contribution in [0.1, 0.15) is 0 Å². The molecule has 0 fully saturated rings. The van der Waals surface area contributed by atoms with Crippen molar-refractivity contribution < 1.29 is 0 Å². The highest BCUT2D eigenvalue weighted by Crippen LogP contribution is 2.38. The monoisotopic (exact) mass is 772 g/mol. The number of para-hydroxylation sites is 3. The van der Waals surface area contributed by atoms with Crippen LogP contribution in [0.4, 0.5) is 5.69 Å². The summed E-state index contributed by atoms with van der Waals surface area (Å²) in [5.74, 6) is 0.611. The van der Waals surface area contributed by atoms with Gasteiger partial charge in [0.25, 0.3) is 0 Å². The van der Waals surface area contributed by atoms with Gasteiger partial charge in [0.1, 0.15) is 0 Å². The molecule has 0 spiro atoms. The van der Waals surface area contributed by atoms with Crippen molar-refractivity contribution in [3.63, 3.8) is 0 Å². The van der Waals surface area contributed by atoms with Gasteiger partial charge in [0.15, 0.2) is 5.69 Å². The van der Waals surface area contributed by atoms with Crippen molar-refractivity contribution in [3.05, 3.63) is 212 Å². The maximum atomic E-state index is 7.32. The number of benzene rings is 8. The molecule has 3 aromatic heterocycles. The maximum absolute atomic E-state index is 7.32. The Morgan fingerprint density at radius 2 is 0.852 bits per heavy atom. The second-order valence-electron chi connectivity index (χ2n) is 14.7. The van der Waals surface area contributed by atoms with Gasteiger partial charge in [-0.25, -0.2) is 14.8 Å². The number of aromatic nitrogens is 4. The summed E-state index contributed by atoms with van der Waals surface area (Å²) in [5, 5.41) is 4.73. The van der Waals surface area contributed by atoms with Crippen molar-refractivity contribution in [1.29, 1.82) is 0 Å². The van der Waals surface area contributed by atoms with E-state index in [1.807, 2.05) is 42.5 Å².